The molecular weight excluding hydrogens is 734 g/mol. The number of amides is 4. The van der Waals surface area contributed by atoms with Crippen molar-refractivity contribution in [3.8, 4) is 11.5 Å². The second kappa shape index (κ2) is 17.0. The van der Waals surface area contributed by atoms with E-state index in [9.17, 15) is 24.3 Å². The molecule has 300 valence electrons. The molecule has 1 N–H and O–H groups in total. The van der Waals surface area contributed by atoms with Gasteiger partial charge in [0.05, 0.1) is 29.6 Å². The summed E-state index contributed by atoms with van der Waals surface area (Å²) in [6, 6.07) is 12.9. The third-order valence-corrected chi connectivity index (χ3v) is 12.2. The van der Waals surface area contributed by atoms with Crippen molar-refractivity contribution < 1.29 is 33.8 Å². The van der Waals surface area contributed by atoms with Crippen molar-refractivity contribution in [2.24, 2.45) is 5.92 Å². The molecule has 2 saturated heterocycles. The average molecular weight is 788 g/mol. The van der Waals surface area contributed by atoms with Crippen molar-refractivity contribution in [2.45, 2.75) is 77.5 Å². The van der Waals surface area contributed by atoms with Gasteiger partial charge >= 0.3 is 0 Å². The van der Waals surface area contributed by atoms with E-state index in [-0.39, 0.29) is 42.1 Å². The quantitative estimate of drug-likeness (QED) is 0.188. The molecular formula is C43H54ClN5O7. The number of aryl methyl sites for hydroxylation is 1. The maximum Gasteiger partial charge on any atom is 0.260 e. The van der Waals surface area contributed by atoms with Crippen LogP contribution in [-0.2, 0) is 14.4 Å². The molecule has 0 aromatic heterocycles. The molecule has 3 aromatic rings. The van der Waals surface area contributed by atoms with Crippen molar-refractivity contribution in [1.82, 2.24) is 14.7 Å². The highest BCUT2D eigenvalue weighted by Gasteiger charge is 2.45. The number of alkyl halides is 1. The molecule has 0 saturated carbocycles. The van der Waals surface area contributed by atoms with Crippen LogP contribution in [0.4, 0.5) is 11.4 Å². The largest absolute Gasteiger partial charge is 0.493 e. The number of likely N-dealkylation sites (N-methyl/N-ethyl adjacent to an activating group) is 1. The highest BCUT2D eigenvalue weighted by Crippen LogP contribution is 2.46. The first-order valence-electron chi connectivity index (χ1n) is 20.1. The zero-order valence-corrected chi connectivity index (χ0v) is 33.7. The van der Waals surface area contributed by atoms with Gasteiger partial charge in [-0.15, -0.1) is 11.6 Å². The van der Waals surface area contributed by atoms with Crippen molar-refractivity contribution in [3.05, 3.63) is 59.2 Å². The van der Waals surface area contributed by atoms with E-state index in [1.165, 1.54) is 4.90 Å². The Morgan fingerprint density at radius 2 is 1.64 bits per heavy atom. The van der Waals surface area contributed by atoms with Crippen molar-refractivity contribution in [3.63, 3.8) is 0 Å². The number of anilines is 2. The molecule has 0 radical (unpaired) electrons. The summed E-state index contributed by atoms with van der Waals surface area (Å²) in [4.78, 5) is 62.9. The summed E-state index contributed by atoms with van der Waals surface area (Å²) in [7, 11) is 2.05. The number of aliphatic hydroxyl groups is 1. The smallest absolute Gasteiger partial charge is 0.260 e. The molecule has 0 spiro atoms. The Labute approximate surface area is 334 Å². The van der Waals surface area contributed by atoms with Gasteiger partial charge in [0.25, 0.3) is 11.8 Å². The number of ether oxygens (including phenoxy) is 2. The SMILES string of the molecule is Cc1cc2c(cc1OCCCCCC(=O)N1C[C@@H](CCl)c3c1cc(OCC(=O)N1CCN(C)CC1)c1ccccc31)N(C(=O)C(C)C)C(O)[C@@H]1CCCN1C2=O. The van der Waals surface area contributed by atoms with Crippen LogP contribution in [0.3, 0.4) is 0 Å². The monoisotopic (exact) mass is 787 g/mol. The predicted octanol–water partition coefficient (Wildman–Crippen LogP) is 5.54. The second-order valence-corrected chi connectivity index (χ2v) is 16.3. The minimum absolute atomic E-state index is 0.00904. The van der Waals surface area contributed by atoms with E-state index < -0.39 is 12.3 Å². The summed E-state index contributed by atoms with van der Waals surface area (Å²) in [5.74, 6) is 0.647. The summed E-state index contributed by atoms with van der Waals surface area (Å²) in [5.41, 5.74) is 3.38. The summed E-state index contributed by atoms with van der Waals surface area (Å²) in [6.45, 7) is 9.83. The summed E-state index contributed by atoms with van der Waals surface area (Å²) in [5, 5.41) is 13.3. The number of halogens is 1. The number of unbranched alkanes of at least 4 members (excludes halogenated alkanes) is 2. The molecule has 13 heteroatoms. The number of rotatable bonds is 12. The van der Waals surface area contributed by atoms with Crippen LogP contribution in [0.1, 0.15) is 79.8 Å². The molecule has 0 bridgehead atoms. The topological polar surface area (TPSA) is 123 Å². The third-order valence-electron chi connectivity index (χ3n) is 11.8. The Kier molecular flexibility index (Phi) is 12.1. The number of benzene rings is 3. The van der Waals surface area contributed by atoms with Crippen molar-refractivity contribution in [2.75, 3.05) is 75.2 Å². The number of carbonyl (C=O) groups is 4. The number of hydrogen-bond acceptors (Lipinski definition) is 8. The minimum Gasteiger partial charge on any atom is -0.493 e. The summed E-state index contributed by atoms with van der Waals surface area (Å²) < 4.78 is 12.4. The molecule has 4 amide bonds. The van der Waals surface area contributed by atoms with Gasteiger partial charge in [-0.3, -0.25) is 24.1 Å². The highest BCUT2D eigenvalue weighted by molar-refractivity contribution is 6.19. The molecule has 12 nitrogen and oxygen atoms in total. The number of aliphatic hydroxyl groups excluding tert-OH is 1. The van der Waals surface area contributed by atoms with Gasteiger partial charge in [-0.2, -0.15) is 0 Å². The van der Waals surface area contributed by atoms with Gasteiger partial charge in [0, 0.05) is 80.9 Å². The molecule has 0 aliphatic carbocycles. The van der Waals surface area contributed by atoms with Crippen LogP contribution >= 0.6 is 11.6 Å². The van der Waals surface area contributed by atoms with E-state index in [1.54, 1.807) is 30.9 Å². The van der Waals surface area contributed by atoms with Crippen molar-refractivity contribution >= 4 is 57.4 Å². The third kappa shape index (κ3) is 7.80. The number of carbonyl (C=O) groups excluding carboxylic acids is 4. The Balaban J connectivity index is 0.986. The van der Waals surface area contributed by atoms with E-state index in [2.05, 4.69) is 11.9 Å². The van der Waals surface area contributed by atoms with Gasteiger partial charge in [0.1, 0.15) is 11.5 Å². The van der Waals surface area contributed by atoms with Gasteiger partial charge in [0.15, 0.2) is 12.8 Å². The fourth-order valence-corrected chi connectivity index (χ4v) is 8.86. The number of fused-ring (bicyclic) bond motifs is 5. The van der Waals surface area contributed by atoms with Crippen LogP contribution in [0, 0.1) is 12.8 Å². The number of piperazine rings is 1. The molecule has 3 atom stereocenters. The highest BCUT2D eigenvalue weighted by atomic mass is 35.5. The Morgan fingerprint density at radius 3 is 2.38 bits per heavy atom. The lowest BCUT2D eigenvalue weighted by Gasteiger charge is -2.33. The van der Waals surface area contributed by atoms with Crippen LogP contribution in [-0.4, -0.2) is 121 Å². The van der Waals surface area contributed by atoms with Gasteiger partial charge in [-0.05, 0) is 68.7 Å². The zero-order chi connectivity index (χ0) is 39.7. The van der Waals surface area contributed by atoms with Gasteiger partial charge in [-0.25, -0.2) is 0 Å². The van der Waals surface area contributed by atoms with Crippen LogP contribution in [0.5, 0.6) is 11.5 Å². The van der Waals surface area contributed by atoms with Crippen LogP contribution in [0.15, 0.2) is 42.5 Å². The first-order chi connectivity index (χ1) is 27.0. The first kappa shape index (κ1) is 39.8. The molecule has 4 aliphatic heterocycles. The van der Waals surface area contributed by atoms with E-state index in [0.717, 1.165) is 53.5 Å². The first-order valence-corrected chi connectivity index (χ1v) is 20.6. The van der Waals surface area contributed by atoms with Gasteiger partial charge in [-0.1, -0.05) is 38.1 Å². The lowest BCUT2D eigenvalue weighted by molar-refractivity contribution is -0.135. The average Bonchev–Trinajstić information content (AvgIpc) is 3.83. The molecule has 7 rings (SSSR count). The molecule has 2 fully saturated rings. The fourth-order valence-electron chi connectivity index (χ4n) is 8.61. The number of hydrogen-bond donors (Lipinski definition) is 1. The predicted molar refractivity (Wildman–Crippen MR) is 217 cm³/mol. The summed E-state index contributed by atoms with van der Waals surface area (Å²) >= 11 is 6.50. The Morgan fingerprint density at radius 1 is 0.911 bits per heavy atom. The molecule has 4 aliphatic rings. The van der Waals surface area contributed by atoms with E-state index in [0.29, 0.717) is 87.1 Å². The van der Waals surface area contributed by atoms with Crippen LogP contribution in [0.2, 0.25) is 0 Å². The second-order valence-electron chi connectivity index (χ2n) is 16.0. The lowest BCUT2D eigenvalue weighted by Crippen LogP contribution is -2.51. The maximum atomic E-state index is 13.8. The maximum absolute atomic E-state index is 13.8. The van der Waals surface area contributed by atoms with Crippen LogP contribution in [0.25, 0.3) is 10.8 Å². The molecule has 1 unspecified atom stereocenters. The summed E-state index contributed by atoms with van der Waals surface area (Å²) in [6.07, 6.45) is 2.74. The Bertz CT molecular complexity index is 1980. The van der Waals surface area contributed by atoms with E-state index >= 15 is 0 Å². The van der Waals surface area contributed by atoms with Gasteiger partial charge < -0.3 is 34.2 Å². The van der Waals surface area contributed by atoms with E-state index in [4.69, 9.17) is 21.1 Å². The van der Waals surface area contributed by atoms with Crippen LogP contribution < -0.4 is 19.3 Å². The lowest BCUT2D eigenvalue weighted by atomic mass is 9.95. The molecule has 56 heavy (non-hydrogen) atoms. The van der Waals surface area contributed by atoms with Crippen molar-refractivity contribution in [1.29, 1.82) is 0 Å². The fraction of sp³-hybridized carbons (Fsp3) is 0.535. The Hall–Kier alpha value is -4.39. The zero-order valence-electron chi connectivity index (χ0n) is 33.0. The van der Waals surface area contributed by atoms with Gasteiger partial charge in [0.2, 0.25) is 11.8 Å². The minimum atomic E-state index is -1.14. The standard InChI is InChI=1S/C43H54ClN5O7/c1-27(2)41(52)49-34-22-36(28(3)21-32(34)42(53)47-15-10-13-33(47)43(49)54)55-20-9-5-6-14-38(50)48-25-29(24-44)40-31-12-8-7-11-30(31)37(23-35(40)48)56-26-39(51)46-18-16-45(4)17-19-46/h7-8,11-12,21-23,27,29,33,43,54H,5-6,9-10,13-20,24-26H2,1-4H3/t29-,33+,43?/m1/s1. The van der Waals surface area contributed by atoms with E-state index in [1.807, 2.05) is 47.1 Å². The number of nitrogens with zero attached hydrogens (tertiary/aromatic N) is 5. The molecule has 3 aromatic carbocycles. The molecule has 4 heterocycles. The normalized spacial score (nSPS) is 21.0.